The molecule has 8 nitrogen and oxygen atoms in total. The summed E-state index contributed by atoms with van der Waals surface area (Å²) in [7, 11) is 1.86. The lowest BCUT2D eigenvalue weighted by atomic mass is 9.91. The molecule has 0 fully saturated rings. The Kier molecular flexibility index (Phi) is 7.20. The van der Waals surface area contributed by atoms with Crippen molar-refractivity contribution >= 4 is 55.8 Å². The van der Waals surface area contributed by atoms with Crippen molar-refractivity contribution in [2.24, 2.45) is 7.05 Å². The van der Waals surface area contributed by atoms with Gasteiger partial charge in [0.15, 0.2) is 11.9 Å². The minimum absolute atomic E-state index is 0.470. The van der Waals surface area contributed by atoms with Crippen molar-refractivity contribution in [3.05, 3.63) is 83.0 Å². The number of ether oxygens (including phenoxy) is 1. The average molecular weight is 612 g/mol. The minimum Gasteiger partial charge on any atom is -0.479 e. The molecule has 6 aromatic rings. The zero-order chi connectivity index (χ0) is 30.6. The highest BCUT2D eigenvalue weighted by atomic mass is 35.5. The zero-order valence-electron chi connectivity index (χ0n) is 24.3. The second-order valence-electron chi connectivity index (χ2n) is 11.5. The van der Waals surface area contributed by atoms with Gasteiger partial charge in [-0.25, -0.2) is 9.78 Å². The Morgan fingerprint density at radius 1 is 1.05 bits per heavy atom. The number of nitrogens with zero attached hydrogens (tertiary/aromatic N) is 4. The number of rotatable bonds is 6. The Balaban J connectivity index is 1.53. The zero-order valence-corrected chi connectivity index (χ0v) is 25.9. The summed E-state index contributed by atoms with van der Waals surface area (Å²) in [6.07, 6.45) is 0.588. The van der Waals surface area contributed by atoms with Crippen LogP contribution < -0.4 is 5.73 Å². The number of hydrogen-bond donors (Lipinski definition) is 2. The van der Waals surface area contributed by atoms with Gasteiger partial charge < -0.3 is 15.6 Å². The van der Waals surface area contributed by atoms with Crippen LogP contribution in [0.1, 0.15) is 38.0 Å². The third-order valence-corrected chi connectivity index (χ3v) is 8.59. The van der Waals surface area contributed by atoms with Crippen LogP contribution in [0.3, 0.4) is 0 Å². The van der Waals surface area contributed by atoms with Crippen LogP contribution in [0.25, 0.3) is 54.1 Å². The van der Waals surface area contributed by atoms with E-state index in [0.29, 0.717) is 16.4 Å². The van der Waals surface area contributed by atoms with Gasteiger partial charge in [0.1, 0.15) is 5.01 Å². The Labute approximate surface area is 257 Å². The number of thiazole rings is 1. The van der Waals surface area contributed by atoms with E-state index in [2.05, 4.69) is 10.1 Å². The second kappa shape index (κ2) is 10.8. The molecule has 0 saturated carbocycles. The molecule has 0 bridgehead atoms. The van der Waals surface area contributed by atoms with Crippen molar-refractivity contribution in [1.29, 1.82) is 0 Å². The molecule has 3 heterocycles. The minimum atomic E-state index is -1.18. The van der Waals surface area contributed by atoms with Gasteiger partial charge in [0.05, 0.1) is 27.0 Å². The Bertz CT molecular complexity index is 2030. The van der Waals surface area contributed by atoms with Crippen molar-refractivity contribution < 1.29 is 14.6 Å². The topological polar surface area (TPSA) is 116 Å². The normalized spacial score (nSPS) is 12.7. The molecule has 218 valence electrons. The molecule has 3 aromatic carbocycles. The molecule has 43 heavy (non-hydrogen) atoms. The summed E-state index contributed by atoms with van der Waals surface area (Å²) in [5, 5.41) is 16.9. The number of halogens is 1. The van der Waals surface area contributed by atoms with E-state index in [1.54, 1.807) is 23.0 Å². The predicted octanol–water partition coefficient (Wildman–Crippen LogP) is 8.06. The van der Waals surface area contributed by atoms with Crippen LogP contribution in [-0.4, -0.2) is 36.4 Å². The number of nitrogen functional groups attached to an aromatic ring is 1. The summed E-state index contributed by atoms with van der Waals surface area (Å²) in [5.74, 6) is -0.583. The van der Waals surface area contributed by atoms with Crippen molar-refractivity contribution in [2.45, 2.75) is 39.4 Å². The average Bonchev–Trinajstić information content (AvgIpc) is 3.51. The SMILES string of the molecule is Cc1cc2nc(-c3ccnc(-c4ccc5c(c4)c(N)nn5C)c3)sc2c(-c2ccc(Cl)cc2)c1[C@H](OC(C)(C)C)C(=O)O. The maximum Gasteiger partial charge on any atom is 0.337 e. The fourth-order valence-corrected chi connectivity index (χ4v) is 6.58. The van der Waals surface area contributed by atoms with E-state index in [9.17, 15) is 9.90 Å². The van der Waals surface area contributed by atoms with Gasteiger partial charge in [-0.05, 0) is 81.3 Å². The third kappa shape index (κ3) is 5.47. The summed E-state index contributed by atoms with van der Waals surface area (Å²) in [6, 6.07) is 19.3. The number of carboxylic acids is 1. The van der Waals surface area contributed by atoms with Gasteiger partial charge in [-0.1, -0.05) is 29.8 Å². The van der Waals surface area contributed by atoms with Gasteiger partial charge in [-0.3, -0.25) is 9.67 Å². The molecule has 0 aliphatic carbocycles. The first kappa shape index (κ1) is 28.8. The number of pyridine rings is 1. The van der Waals surface area contributed by atoms with Crippen LogP contribution >= 0.6 is 22.9 Å². The Hall–Kier alpha value is -4.31. The van der Waals surface area contributed by atoms with E-state index >= 15 is 0 Å². The van der Waals surface area contributed by atoms with Gasteiger partial charge in [0.2, 0.25) is 0 Å². The molecular formula is C33H30ClN5O3S. The summed E-state index contributed by atoms with van der Waals surface area (Å²) in [4.78, 5) is 22.3. The lowest BCUT2D eigenvalue weighted by Crippen LogP contribution is -2.28. The maximum absolute atomic E-state index is 12.6. The number of aryl methyl sites for hydroxylation is 2. The molecule has 0 amide bonds. The number of aliphatic carboxylic acids is 1. The number of fused-ring (bicyclic) bond motifs is 2. The van der Waals surface area contributed by atoms with Gasteiger partial charge in [0, 0.05) is 45.9 Å². The van der Waals surface area contributed by atoms with Crippen molar-refractivity contribution in [3.63, 3.8) is 0 Å². The van der Waals surface area contributed by atoms with Gasteiger partial charge in [-0.15, -0.1) is 11.3 Å². The van der Waals surface area contributed by atoms with Crippen LogP contribution in [-0.2, 0) is 16.6 Å². The number of nitrogens with two attached hydrogens (primary N) is 1. The summed E-state index contributed by atoms with van der Waals surface area (Å²) < 4.78 is 8.76. The smallest absolute Gasteiger partial charge is 0.337 e. The number of anilines is 1. The molecule has 0 radical (unpaired) electrons. The first-order valence-electron chi connectivity index (χ1n) is 13.7. The van der Waals surface area contributed by atoms with E-state index in [1.165, 1.54) is 11.3 Å². The quantitative estimate of drug-likeness (QED) is 0.196. The van der Waals surface area contributed by atoms with E-state index in [4.69, 9.17) is 27.1 Å². The highest BCUT2D eigenvalue weighted by Gasteiger charge is 2.32. The lowest BCUT2D eigenvalue weighted by molar-refractivity contribution is -0.160. The first-order valence-corrected chi connectivity index (χ1v) is 14.9. The van der Waals surface area contributed by atoms with E-state index in [0.717, 1.165) is 59.6 Å². The Morgan fingerprint density at radius 3 is 2.47 bits per heavy atom. The van der Waals surface area contributed by atoms with E-state index in [1.807, 2.05) is 83.3 Å². The molecule has 0 aliphatic heterocycles. The van der Waals surface area contributed by atoms with Crippen LogP contribution in [0.5, 0.6) is 0 Å². The van der Waals surface area contributed by atoms with Crippen LogP contribution in [0.2, 0.25) is 5.02 Å². The van der Waals surface area contributed by atoms with Gasteiger partial charge >= 0.3 is 5.97 Å². The Morgan fingerprint density at radius 2 is 1.77 bits per heavy atom. The van der Waals surface area contributed by atoms with Crippen molar-refractivity contribution in [1.82, 2.24) is 19.7 Å². The molecule has 3 N–H and O–H groups in total. The number of benzene rings is 3. The van der Waals surface area contributed by atoms with Crippen molar-refractivity contribution in [2.75, 3.05) is 5.73 Å². The molecule has 10 heteroatoms. The largest absolute Gasteiger partial charge is 0.479 e. The van der Waals surface area contributed by atoms with Crippen LogP contribution in [0, 0.1) is 6.92 Å². The van der Waals surface area contributed by atoms with Gasteiger partial charge in [0.25, 0.3) is 0 Å². The third-order valence-electron chi connectivity index (χ3n) is 7.20. The molecule has 3 aromatic heterocycles. The first-order chi connectivity index (χ1) is 20.4. The van der Waals surface area contributed by atoms with E-state index < -0.39 is 17.7 Å². The molecule has 6 rings (SSSR count). The van der Waals surface area contributed by atoms with Crippen molar-refractivity contribution in [3.8, 4) is 33.0 Å². The maximum atomic E-state index is 12.6. The number of aromatic nitrogens is 4. The molecule has 1 atom stereocenters. The number of carboxylic acid groups (broad SMARTS) is 1. The molecular weight excluding hydrogens is 582 g/mol. The lowest BCUT2D eigenvalue weighted by Gasteiger charge is -2.28. The second-order valence-corrected chi connectivity index (χ2v) is 12.9. The molecule has 0 spiro atoms. The van der Waals surface area contributed by atoms with Crippen LogP contribution in [0.4, 0.5) is 5.82 Å². The number of hydrogen-bond acceptors (Lipinski definition) is 7. The molecule has 0 aliphatic rings. The summed E-state index contributed by atoms with van der Waals surface area (Å²) >= 11 is 7.74. The summed E-state index contributed by atoms with van der Waals surface area (Å²) in [5.41, 5.74) is 12.8. The fraction of sp³-hybridized carbons (Fsp3) is 0.212. The van der Waals surface area contributed by atoms with E-state index in [-0.39, 0.29) is 0 Å². The highest BCUT2D eigenvalue weighted by Crippen LogP contribution is 2.44. The highest BCUT2D eigenvalue weighted by molar-refractivity contribution is 7.22. The monoisotopic (exact) mass is 611 g/mol. The standard InChI is InChI=1S/C33H30ClN5O3S/c1-17-14-24-29(27(18-6-9-21(34)10-7-18)26(17)28(32(40)41)42-33(2,3)4)43-31(37-24)20-12-13-36-23(16-20)19-8-11-25-22(15-19)30(35)38-39(25)5/h6-16,28H,1-5H3,(H2,35,38)(H,40,41)/t28-/m0/s1. The van der Waals surface area contributed by atoms with Gasteiger partial charge in [-0.2, -0.15) is 5.10 Å². The predicted molar refractivity (Wildman–Crippen MR) is 173 cm³/mol. The summed E-state index contributed by atoms with van der Waals surface area (Å²) in [6.45, 7) is 7.46. The van der Waals surface area contributed by atoms with Crippen LogP contribution in [0.15, 0.2) is 66.9 Å². The number of carbonyl (C=O) groups is 1. The molecule has 0 unspecified atom stereocenters. The molecule has 0 saturated heterocycles. The fourth-order valence-electron chi connectivity index (χ4n) is 5.34.